The van der Waals surface area contributed by atoms with Gasteiger partial charge in [0, 0.05) is 4.47 Å². The van der Waals surface area contributed by atoms with Crippen molar-refractivity contribution in [2.45, 2.75) is 11.8 Å². The molecule has 2 aromatic carbocycles. The van der Waals surface area contributed by atoms with Crippen LogP contribution in [0.5, 0.6) is 0 Å². The van der Waals surface area contributed by atoms with Crippen LogP contribution in [-0.2, 0) is 10.0 Å². The minimum absolute atomic E-state index is 0.260. The topological polar surface area (TPSA) is 46.2 Å². The molecule has 3 nitrogen and oxygen atoms in total. The molecule has 0 radical (unpaired) electrons. The zero-order valence-electron chi connectivity index (χ0n) is 10.3. The van der Waals surface area contributed by atoms with Crippen LogP contribution < -0.4 is 4.72 Å². The number of halogens is 3. The summed E-state index contributed by atoms with van der Waals surface area (Å²) in [4.78, 5) is -0.984. The van der Waals surface area contributed by atoms with E-state index in [0.717, 1.165) is 22.7 Å². The lowest BCUT2D eigenvalue weighted by atomic mass is 10.2. The Kier molecular flexibility index (Phi) is 4.10. The smallest absolute Gasteiger partial charge is 0.267 e. The number of benzene rings is 2. The lowest BCUT2D eigenvalue weighted by Gasteiger charge is -2.12. The van der Waals surface area contributed by atoms with Crippen molar-refractivity contribution in [2.75, 3.05) is 4.72 Å². The third kappa shape index (κ3) is 2.99. The van der Waals surface area contributed by atoms with Crippen LogP contribution >= 0.6 is 15.9 Å². The normalized spacial score (nSPS) is 11.4. The third-order valence-corrected chi connectivity index (χ3v) is 4.53. The van der Waals surface area contributed by atoms with Gasteiger partial charge in [-0.25, -0.2) is 17.2 Å². The Labute approximate surface area is 123 Å². The number of hydrogen-bond acceptors (Lipinski definition) is 2. The van der Waals surface area contributed by atoms with Gasteiger partial charge in [-0.2, -0.15) is 0 Å². The van der Waals surface area contributed by atoms with E-state index in [2.05, 4.69) is 20.7 Å². The third-order valence-electron chi connectivity index (χ3n) is 2.62. The first-order valence-corrected chi connectivity index (χ1v) is 7.82. The number of hydrogen-bond donors (Lipinski definition) is 1. The van der Waals surface area contributed by atoms with Crippen molar-refractivity contribution < 1.29 is 17.2 Å². The van der Waals surface area contributed by atoms with E-state index in [4.69, 9.17) is 0 Å². The lowest BCUT2D eigenvalue weighted by Crippen LogP contribution is -2.17. The second kappa shape index (κ2) is 5.49. The van der Waals surface area contributed by atoms with Crippen LogP contribution in [0, 0.1) is 18.6 Å². The predicted octanol–water partition coefficient (Wildman–Crippen LogP) is 3.84. The summed E-state index contributed by atoms with van der Waals surface area (Å²) in [5.74, 6) is -2.26. The molecule has 0 spiro atoms. The first-order chi connectivity index (χ1) is 9.31. The first-order valence-electron chi connectivity index (χ1n) is 5.54. The van der Waals surface area contributed by atoms with Gasteiger partial charge >= 0.3 is 0 Å². The van der Waals surface area contributed by atoms with Gasteiger partial charge in [0.25, 0.3) is 10.0 Å². The fraction of sp³-hybridized carbons (Fsp3) is 0.0769. The molecule has 0 heterocycles. The molecule has 0 fully saturated rings. The molecule has 0 bridgehead atoms. The zero-order valence-corrected chi connectivity index (χ0v) is 12.7. The molecule has 2 aromatic rings. The van der Waals surface area contributed by atoms with Gasteiger partial charge in [-0.05, 0) is 42.8 Å². The second-order valence-electron chi connectivity index (χ2n) is 4.12. The van der Waals surface area contributed by atoms with Crippen molar-refractivity contribution in [3.63, 3.8) is 0 Å². The number of nitrogens with one attached hydrogen (secondary N) is 1. The van der Waals surface area contributed by atoms with E-state index in [9.17, 15) is 17.2 Å². The van der Waals surface area contributed by atoms with Crippen LogP contribution in [-0.4, -0.2) is 8.42 Å². The molecular weight excluding hydrogens is 352 g/mol. The SMILES string of the molecule is Cc1cc(Br)ccc1NS(=O)(=O)c1c(F)cccc1F. The van der Waals surface area contributed by atoms with E-state index in [1.807, 2.05) is 0 Å². The van der Waals surface area contributed by atoms with Crippen molar-refractivity contribution in [1.82, 2.24) is 0 Å². The molecule has 0 aliphatic rings. The van der Waals surface area contributed by atoms with Crippen LogP contribution in [0.3, 0.4) is 0 Å². The Bertz CT molecular complexity index is 743. The monoisotopic (exact) mass is 361 g/mol. The van der Waals surface area contributed by atoms with Gasteiger partial charge in [-0.3, -0.25) is 4.72 Å². The molecular formula is C13H10BrF2NO2S. The zero-order chi connectivity index (χ0) is 14.9. The van der Waals surface area contributed by atoms with Gasteiger partial charge in [-0.15, -0.1) is 0 Å². The molecule has 0 aromatic heterocycles. The van der Waals surface area contributed by atoms with E-state index in [-0.39, 0.29) is 5.69 Å². The minimum atomic E-state index is -4.33. The van der Waals surface area contributed by atoms with Gasteiger partial charge in [-0.1, -0.05) is 22.0 Å². The summed E-state index contributed by atoms with van der Waals surface area (Å²) in [6.45, 7) is 1.68. The molecule has 106 valence electrons. The molecule has 7 heteroatoms. The van der Waals surface area contributed by atoms with E-state index < -0.39 is 26.6 Å². The highest BCUT2D eigenvalue weighted by Gasteiger charge is 2.24. The second-order valence-corrected chi connectivity index (χ2v) is 6.65. The summed E-state index contributed by atoms with van der Waals surface area (Å²) in [6.07, 6.45) is 0. The summed E-state index contributed by atoms with van der Waals surface area (Å²) >= 11 is 3.25. The number of rotatable bonds is 3. The molecule has 0 aliphatic heterocycles. The van der Waals surface area contributed by atoms with Crippen molar-refractivity contribution in [2.24, 2.45) is 0 Å². The quantitative estimate of drug-likeness (QED) is 0.902. The van der Waals surface area contributed by atoms with Crippen molar-refractivity contribution in [3.05, 3.63) is 58.1 Å². The summed E-state index contributed by atoms with van der Waals surface area (Å²) in [7, 11) is -4.33. The van der Waals surface area contributed by atoms with E-state index in [1.54, 1.807) is 19.1 Å². The van der Waals surface area contributed by atoms with Gasteiger partial charge in [0.2, 0.25) is 0 Å². The van der Waals surface area contributed by atoms with Crippen LogP contribution in [0.2, 0.25) is 0 Å². The molecule has 0 aliphatic carbocycles. The fourth-order valence-corrected chi connectivity index (χ4v) is 3.42. The van der Waals surface area contributed by atoms with Crippen molar-refractivity contribution in [3.8, 4) is 0 Å². The number of aryl methyl sites for hydroxylation is 1. The first kappa shape index (κ1) is 14.9. The van der Waals surface area contributed by atoms with Gasteiger partial charge in [0.1, 0.15) is 11.6 Å². The molecule has 2 rings (SSSR count). The summed E-state index contributed by atoms with van der Waals surface area (Å²) in [5, 5.41) is 0. The Balaban J connectivity index is 2.46. The predicted molar refractivity (Wildman–Crippen MR) is 76.0 cm³/mol. The van der Waals surface area contributed by atoms with Crippen LogP contribution in [0.25, 0.3) is 0 Å². The van der Waals surface area contributed by atoms with Crippen molar-refractivity contribution >= 4 is 31.6 Å². The van der Waals surface area contributed by atoms with E-state index in [0.29, 0.717) is 5.56 Å². The molecule has 20 heavy (non-hydrogen) atoms. The number of sulfonamides is 1. The maximum absolute atomic E-state index is 13.5. The standard InChI is InChI=1S/C13H10BrF2NO2S/c1-8-7-9(14)5-6-12(8)17-20(18,19)13-10(15)3-2-4-11(13)16/h2-7,17H,1H3. The Morgan fingerprint density at radius 2 is 1.70 bits per heavy atom. The minimum Gasteiger partial charge on any atom is -0.279 e. The highest BCUT2D eigenvalue weighted by molar-refractivity contribution is 9.10. The Hall–Kier alpha value is -1.47. The molecule has 1 N–H and O–H groups in total. The van der Waals surface area contributed by atoms with Crippen LogP contribution in [0.1, 0.15) is 5.56 Å². The van der Waals surface area contributed by atoms with E-state index in [1.165, 1.54) is 6.07 Å². The summed E-state index contributed by atoms with van der Waals surface area (Å²) < 4.78 is 54.2. The fourth-order valence-electron chi connectivity index (χ4n) is 1.68. The Morgan fingerprint density at radius 1 is 1.10 bits per heavy atom. The lowest BCUT2D eigenvalue weighted by molar-refractivity contribution is 0.521. The van der Waals surface area contributed by atoms with Crippen molar-refractivity contribution in [1.29, 1.82) is 0 Å². The van der Waals surface area contributed by atoms with Gasteiger partial charge < -0.3 is 0 Å². The van der Waals surface area contributed by atoms with Crippen LogP contribution in [0.15, 0.2) is 45.8 Å². The molecule has 0 amide bonds. The average Bonchev–Trinajstić information content (AvgIpc) is 2.32. The van der Waals surface area contributed by atoms with Gasteiger partial charge in [0.05, 0.1) is 5.69 Å². The Morgan fingerprint density at radius 3 is 2.25 bits per heavy atom. The van der Waals surface area contributed by atoms with E-state index >= 15 is 0 Å². The van der Waals surface area contributed by atoms with Crippen LogP contribution in [0.4, 0.5) is 14.5 Å². The maximum atomic E-state index is 13.5. The molecule has 0 saturated heterocycles. The van der Waals surface area contributed by atoms with Gasteiger partial charge in [0.15, 0.2) is 4.90 Å². The average molecular weight is 362 g/mol. The summed E-state index contributed by atoms with van der Waals surface area (Å²) in [6, 6.07) is 7.72. The largest absolute Gasteiger partial charge is 0.279 e. The molecule has 0 atom stereocenters. The summed E-state index contributed by atoms with van der Waals surface area (Å²) in [5.41, 5.74) is 0.885. The highest BCUT2D eigenvalue weighted by atomic mass is 79.9. The highest BCUT2D eigenvalue weighted by Crippen LogP contribution is 2.25. The number of anilines is 1. The molecule has 0 saturated carbocycles. The maximum Gasteiger partial charge on any atom is 0.267 e. The molecule has 0 unspecified atom stereocenters.